The molecule has 0 bridgehead atoms. The number of anilines is 1. The lowest BCUT2D eigenvalue weighted by molar-refractivity contribution is -0.438. The van der Waals surface area contributed by atoms with E-state index in [0.717, 1.165) is 18.9 Å². The highest BCUT2D eigenvalue weighted by Gasteiger charge is 2.47. The maximum atomic E-state index is 2.65. The monoisotopic (exact) mass is 505 g/mol. The summed E-state index contributed by atoms with van der Waals surface area (Å²) >= 11 is 0. The number of hydrogen-bond donors (Lipinski definition) is 0. The minimum absolute atomic E-state index is 0.0752. The molecule has 1 aliphatic carbocycles. The van der Waals surface area contributed by atoms with E-state index >= 15 is 0 Å². The molecule has 5 rings (SSSR count). The second kappa shape index (κ2) is 11.7. The summed E-state index contributed by atoms with van der Waals surface area (Å²) in [4.78, 5) is 2.16. The maximum Gasteiger partial charge on any atom is 0.209 e. The second-order valence-electron chi connectivity index (χ2n) is 12.0. The molecular formula is C36H45N2+. The molecule has 0 aromatic heterocycles. The van der Waals surface area contributed by atoms with E-state index in [1.165, 1.54) is 84.3 Å². The summed E-state index contributed by atoms with van der Waals surface area (Å²) in [5.74, 6) is 0.973. The van der Waals surface area contributed by atoms with Crippen LogP contribution in [0.5, 0.6) is 0 Å². The van der Waals surface area contributed by atoms with Gasteiger partial charge in [-0.3, -0.25) is 0 Å². The van der Waals surface area contributed by atoms with E-state index in [-0.39, 0.29) is 5.41 Å². The first-order valence-electron chi connectivity index (χ1n) is 14.7. The number of allylic oxidation sites excluding steroid dienone is 1. The highest BCUT2D eigenvalue weighted by Crippen LogP contribution is 2.43. The first-order valence-corrected chi connectivity index (χ1v) is 14.7. The van der Waals surface area contributed by atoms with E-state index in [2.05, 4.69) is 122 Å². The summed E-state index contributed by atoms with van der Waals surface area (Å²) in [6.07, 6.45) is 15.5. The number of para-hydroxylation sites is 1. The van der Waals surface area contributed by atoms with Gasteiger partial charge in [0.05, 0.1) is 5.41 Å². The van der Waals surface area contributed by atoms with Gasteiger partial charge < -0.3 is 4.90 Å². The van der Waals surface area contributed by atoms with Crippen LogP contribution in [0.25, 0.3) is 6.08 Å². The van der Waals surface area contributed by atoms with Gasteiger partial charge in [-0.15, -0.1) is 0 Å². The van der Waals surface area contributed by atoms with Crippen LogP contribution < -0.4 is 4.90 Å². The molecule has 2 aliphatic rings. The Labute approximate surface area is 230 Å². The molecule has 0 radical (unpaired) electrons. The molecule has 1 saturated carbocycles. The van der Waals surface area contributed by atoms with Gasteiger partial charge in [0, 0.05) is 43.9 Å². The van der Waals surface area contributed by atoms with Gasteiger partial charge in [-0.1, -0.05) is 86.7 Å². The van der Waals surface area contributed by atoms with Gasteiger partial charge in [-0.25, -0.2) is 0 Å². The third-order valence-electron chi connectivity index (χ3n) is 9.01. The van der Waals surface area contributed by atoms with E-state index in [0.29, 0.717) is 0 Å². The van der Waals surface area contributed by atoms with Crippen molar-refractivity contribution in [3.05, 3.63) is 101 Å². The Morgan fingerprint density at radius 2 is 1.58 bits per heavy atom. The highest BCUT2D eigenvalue weighted by molar-refractivity contribution is 6.05. The van der Waals surface area contributed by atoms with Crippen LogP contribution in [0.1, 0.15) is 74.1 Å². The Morgan fingerprint density at radius 1 is 0.868 bits per heavy atom. The molecule has 1 fully saturated rings. The number of nitrogens with zero attached hydrogens (tertiary/aromatic N) is 2. The largest absolute Gasteiger partial charge is 0.378 e. The summed E-state index contributed by atoms with van der Waals surface area (Å²) in [6.45, 7) is 5.81. The van der Waals surface area contributed by atoms with Crippen molar-refractivity contribution in [2.75, 3.05) is 25.5 Å². The Morgan fingerprint density at radius 3 is 2.32 bits per heavy atom. The Bertz CT molecular complexity index is 1290. The van der Waals surface area contributed by atoms with Crippen LogP contribution >= 0.6 is 0 Å². The van der Waals surface area contributed by atoms with Gasteiger partial charge >= 0.3 is 0 Å². The molecule has 3 aromatic rings. The molecule has 0 N–H and O–H groups in total. The van der Waals surface area contributed by atoms with Gasteiger partial charge in [-0.2, -0.15) is 4.58 Å². The standard InChI is InChI=1S/C36H45N2/c1-28-13-5-8-17-31(28)27-36(2)33-18-9-10-19-34(33)38(26-12-11-16-29-14-6-7-15-29)35(36)25-22-30-20-23-32(24-21-30)37(3)4/h5,8-10,13,17-25,29H,6-7,11-12,14-16,26-27H2,1-4H3/q+1. The third-order valence-corrected chi connectivity index (χ3v) is 9.01. The van der Waals surface area contributed by atoms with Crippen molar-refractivity contribution in [3.63, 3.8) is 0 Å². The molecule has 198 valence electrons. The predicted octanol–water partition coefficient (Wildman–Crippen LogP) is 8.73. The summed E-state index contributed by atoms with van der Waals surface area (Å²) in [6, 6.07) is 26.9. The van der Waals surface area contributed by atoms with Crippen LogP contribution in [0, 0.1) is 12.8 Å². The highest BCUT2D eigenvalue weighted by atomic mass is 15.1. The molecule has 1 heterocycles. The zero-order chi connectivity index (χ0) is 26.5. The number of hydrogen-bond acceptors (Lipinski definition) is 1. The SMILES string of the molecule is Cc1ccccc1CC1(C)C(C=Cc2ccc(N(C)C)cc2)=[N+](CCCCC2CCCC2)c2ccccc21. The molecule has 0 saturated heterocycles. The van der Waals surface area contributed by atoms with Crippen molar-refractivity contribution in [1.29, 1.82) is 0 Å². The number of benzene rings is 3. The Balaban J connectivity index is 1.49. The van der Waals surface area contributed by atoms with Crippen LogP contribution in [0.2, 0.25) is 0 Å². The third kappa shape index (κ3) is 5.65. The quantitative estimate of drug-likeness (QED) is 0.197. The molecular weight excluding hydrogens is 460 g/mol. The van der Waals surface area contributed by atoms with Crippen LogP contribution in [0.15, 0.2) is 78.9 Å². The zero-order valence-corrected chi connectivity index (χ0v) is 23.9. The fraction of sp³-hybridized carbons (Fsp3) is 0.417. The van der Waals surface area contributed by atoms with Gasteiger partial charge in [0.1, 0.15) is 6.54 Å². The zero-order valence-electron chi connectivity index (χ0n) is 23.9. The molecule has 1 aliphatic heterocycles. The van der Waals surface area contributed by atoms with Crippen LogP contribution in [-0.2, 0) is 11.8 Å². The molecule has 0 spiro atoms. The van der Waals surface area contributed by atoms with Gasteiger partial charge in [0.2, 0.25) is 5.69 Å². The summed E-state index contributed by atoms with van der Waals surface area (Å²) in [7, 11) is 4.19. The van der Waals surface area contributed by atoms with Crippen molar-refractivity contribution >= 4 is 23.2 Å². The topological polar surface area (TPSA) is 6.25 Å². The van der Waals surface area contributed by atoms with Crippen molar-refractivity contribution in [2.45, 2.75) is 70.6 Å². The molecule has 38 heavy (non-hydrogen) atoms. The predicted molar refractivity (Wildman–Crippen MR) is 164 cm³/mol. The second-order valence-corrected chi connectivity index (χ2v) is 12.0. The lowest BCUT2D eigenvalue weighted by Gasteiger charge is -2.24. The van der Waals surface area contributed by atoms with Gasteiger partial charge in [0.15, 0.2) is 5.71 Å². The van der Waals surface area contributed by atoms with Crippen LogP contribution in [0.4, 0.5) is 11.4 Å². The number of rotatable bonds is 10. The summed E-state index contributed by atoms with van der Waals surface area (Å²) < 4.78 is 2.65. The number of fused-ring (bicyclic) bond motifs is 1. The van der Waals surface area contributed by atoms with E-state index in [1.54, 1.807) is 0 Å². The van der Waals surface area contributed by atoms with E-state index in [9.17, 15) is 0 Å². The van der Waals surface area contributed by atoms with Gasteiger partial charge in [0.25, 0.3) is 0 Å². The average molecular weight is 506 g/mol. The normalized spacial score (nSPS) is 19.5. The van der Waals surface area contributed by atoms with Crippen molar-refractivity contribution in [2.24, 2.45) is 5.92 Å². The number of unbranched alkanes of at least 4 members (excludes halogenated alkanes) is 1. The van der Waals surface area contributed by atoms with E-state index in [1.807, 2.05) is 0 Å². The Kier molecular flexibility index (Phi) is 8.17. The lowest BCUT2D eigenvalue weighted by atomic mass is 9.74. The van der Waals surface area contributed by atoms with Gasteiger partial charge in [-0.05, 0) is 67.5 Å². The number of aryl methyl sites for hydroxylation is 1. The summed E-state index contributed by atoms with van der Waals surface area (Å²) in [5, 5.41) is 0. The lowest BCUT2D eigenvalue weighted by Crippen LogP contribution is -2.34. The maximum absolute atomic E-state index is 2.65. The van der Waals surface area contributed by atoms with E-state index in [4.69, 9.17) is 0 Å². The van der Waals surface area contributed by atoms with E-state index < -0.39 is 0 Å². The molecule has 3 aromatic carbocycles. The summed E-state index contributed by atoms with van der Waals surface area (Å²) in [5.41, 5.74) is 9.51. The Hall–Kier alpha value is -3.13. The molecule has 1 unspecified atom stereocenters. The molecule has 2 heteroatoms. The van der Waals surface area contributed by atoms with Crippen molar-refractivity contribution in [1.82, 2.24) is 0 Å². The van der Waals surface area contributed by atoms with Crippen molar-refractivity contribution < 1.29 is 4.58 Å². The minimum Gasteiger partial charge on any atom is -0.378 e. The van der Waals surface area contributed by atoms with Crippen molar-refractivity contribution in [3.8, 4) is 0 Å². The molecule has 1 atom stereocenters. The fourth-order valence-electron chi connectivity index (χ4n) is 6.69. The first kappa shape index (κ1) is 26.5. The van der Waals surface area contributed by atoms with Crippen LogP contribution in [0.3, 0.4) is 0 Å². The smallest absolute Gasteiger partial charge is 0.209 e. The molecule has 2 nitrogen and oxygen atoms in total. The fourth-order valence-corrected chi connectivity index (χ4v) is 6.69. The minimum atomic E-state index is -0.0752. The first-order chi connectivity index (χ1) is 18.5. The molecule has 0 amide bonds. The average Bonchev–Trinajstić information content (AvgIpc) is 3.52. The van der Waals surface area contributed by atoms with Crippen LogP contribution in [-0.4, -0.2) is 30.9 Å².